The van der Waals surface area contributed by atoms with Gasteiger partial charge in [0.15, 0.2) is 0 Å². The Kier molecular flexibility index (Phi) is 14.0. The summed E-state index contributed by atoms with van der Waals surface area (Å²) in [6, 6.07) is 19.7. The van der Waals surface area contributed by atoms with E-state index in [4.69, 9.17) is 16.3 Å². The van der Waals surface area contributed by atoms with Gasteiger partial charge in [-0.2, -0.15) is 0 Å². The summed E-state index contributed by atoms with van der Waals surface area (Å²) >= 11 is 6.43. The number of carbonyl (C=O) groups is 1. The number of carbonyl (C=O) groups excluding carboxylic acids is 1. The number of aromatic nitrogens is 2. The average molecular weight is 581 g/mol. The second-order valence-electron chi connectivity index (χ2n) is 7.78. The highest BCUT2D eigenvalue weighted by Gasteiger charge is 2.19. The van der Waals surface area contributed by atoms with Crippen molar-refractivity contribution in [3.05, 3.63) is 96.2 Å². The van der Waals surface area contributed by atoms with Crippen molar-refractivity contribution in [3.63, 3.8) is 0 Å². The molecule has 40 heavy (non-hydrogen) atoms. The number of amides is 1. The number of halogens is 1. The second kappa shape index (κ2) is 17.2. The molecule has 1 aliphatic heterocycles. The van der Waals surface area contributed by atoms with Crippen LogP contribution in [0, 0.1) is 0 Å². The van der Waals surface area contributed by atoms with Gasteiger partial charge >= 0.3 is 0 Å². The van der Waals surface area contributed by atoms with E-state index in [1.807, 2.05) is 58.9 Å². The van der Waals surface area contributed by atoms with Crippen molar-refractivity contribution in [1.29, 1.82) is 0 Å². The molecule has 1 aliphatic rings. The quantitative estimate of drug-likeness (QED) is 0.248. The second-order valence-corrected chi connectivity index (χ2v) is 9.68. The Balaban J connectivity index is 0.000000737. The maximum Gasteiger partial charge on any atom is 0.255 e. The zero-order valence-corrected chi connectivity index (χ0v) is 25.3. The maximum absolute atomic E-state index is 12.8. The molecule has 1 amide bonds. The third-order valence-electron chi connectivity index (χ3n) is 5.23. The van der Waals surface area contributed by atoms with Crippen LogP contribution in [0.3, 0.4) is 0 Å². The predicted molar refractivity (Wildman–Crippen MR) is 169 cm³/mol. The summed E-state index contributed by atoms with van der Waals surface area (Å²) in [4.78, 5) is 21.7. The van der Waals surface area contributed by atoms with E-state index in [1.165, 1.54) is 0 Å². The Morgan fingerprint density at radius 3 is 2.42 bits per heavy atom. The number of hydrogen-bond donors (Lipinski definition) is 1. The smallest absolute Gasteiger partial charge is 0.255 e. The van der Waals surface area contributed by atoms with E-state index in [0.717, 1.165) is 16.7 Å². The first kappa shape index (κ1) is 32.6. The fourth-order valence-electron chi connectivity index (χ4n) is 3.53. The van der Waals surface area contributed by atoms with Gasteiger partial charge in [0.25, 0.3) is 5.91 Å². The lowest BCUT2D eigenvalue weighted by atomic mass is 10.1. The molecule has 2 aromatic carbocycles. The normalized spacial score (nSPS) is 13.8. The molecule has 0 saturated carbocycles. The Morgan fingerprint density at radius 2 is 1.75 bits per heavy atom. The number of benzene rings is 2. The third kappa shape index (κ3) is 8.71. The van der Waals surface area contributed by atoms with E-state index in [9.17, 15) is 9.00 Å². The van der Waals surface area contributed by atoms with Gasteiger partial charge in [0.2, 0.25) is 0 Å². The number of ether oxygens (including phenoxy) is 1. The molecule has 3 heterocycles. The molecule has 9 heteroatoms. The molecule has 4 aromatic rings. The van der Waals surface area contributed by atoms with E-state index in [-0.39, 0.29) is 12.6 Å². The van der Waals surface area contributed by atoms with Crippen LogP contribution in [0.4, 0.5) is 11.4 Å². The molecule has 1 atom stereocenters. The monoisotopic (exact) mass is 580 g/mol. The average Bonchev–Trinajstić information content (AvgIpc) is 3.00. The van der Waals surface area contributed by atoms with Gasteiger partial charge in [-0.1, -0.05) is 45.4 Å². The summed E-state index contributed by atoms with van der Waals surface area (Å²) in [5.74, 6) is 0.200. The Bertz CT molecular complexity index is 1410. The molecule has 0 aliphatic carbocycles. The van der Waals surface area contributed by atoms with Crippen LogP contribution >= 0.6 is 11.6 Å². The Morgan fingerprint density at radius 1 is 1.05 bits per heavy atom. The predicted octanol–water partition coefficient (Wildman–Crippen LogP) is 7.91. The summed E-state index contributed by atoms with van der Waals surface area (Å²) in [6.45, 7) is 14.0. The molecule has 1 unspecified atom stereocenters. The van der Waals surface area contributed by atoms with Crippen molar-refractivity contribution in [1.82, 2.24) is 9.97 Å². The molecule has 212 valence electrons. The van der Waals surface area contributed by atoms with Crippen LogP contribution in [0.25, 0.3) is 22.3 Å². The van der Waals surface area contributed by atoms with Gasteiger partial charge in [-0.05, 0) is 73.7 Å². The van der Waals surface area contributed by atoms with Gasteiger partial charge in [-0.15, -0.1) is 6.58 Å². The highest BCUT2D eigenvalue weighted by Crippen LogP contribution is 2.30. The number of nitrogens with one attached hydrogen (secondary N) is 1. The number of allylic oxidation sites excluding steroid dienone is 1. The molecule has 2 aromatic heterocycles. The van der Waals surface area contributed by atoms with E-state index in [1.54, 1.807) is 59.0 Å². The molecule has 1 fully saturated rings. The summed E-state index contributed by atoms with van der Waals surface area (Å²) in [5.41, 5.74) is 4.79. The first-order chi connectivity index (χ1) is 19.5. The van der Waals surface area contributed by atoms with E-state index >= 15 is 0 Å². The van der Waals surface area contributed by atoms with Gasteiger partial charge in [0.05, 0.1) is 39.8 Å². The van der Waals surface area contributed by atoms with Crippen molar-refractivity contribution in [3.8, 4) is 11.3 Å². The molecule has 0 spiro atoms. The maximum atomic E-state index is 12.8. The number of pyridine rings is 2. The van der Waals surface area contributed by atoms with Crippen LogP contribution < -0.4 is 9.62 Å². The molecule has 0 radical (unpaired) electrons. The first-order valence-electron chi connectivity index (χ1n) is 13.2. The highest BCUT2D eigenvalue weighted by atomic mass is 35.5. The Hall–Kier alpha value is -3.59. The van der Waals surface area contributed by atoms with Gasteiger partial charge in [-0.3, -0.25) is 14.1 Å². The number of rotatable bonds is 4. The van der Waals surface area contributed by atoms with Crippen LogP contribution in [-0.4, -0.2) is 39.2 Å². The SMILES string of the molecule is C=CC.CC.CC.O=C(Nc1ccc(Cl)c(-c2ccc3ncccc3n2)c1)c1ccc(N2COCCS2=O)cc1. The minimum atomic E-state index is -1.12. The van der Waals surface area contributed by atoms with Crippen LogP contribution in [0.2, 0.25) is 5.02 Å². The van der Waals surface area contributed by atoms with Crippen LogP contribution in [0.1, 0.15) is 45.0 Å². The van der Waals surface area contributed by atoms with Crippen molar-refractivity contribution < 1.29 is 13.7 Å². The molecule has 0 bridgehead atoms. The number of nitrogens with zero attached hydrogens (tertiary/aromatic N) is 3. The number of hydrogen-bond acceptors (Lipinski definition) is 5. The van der Waals surface area contributed by atoms with Crippen LogP contribution in [0.5, 0.6) is 0 Å². The van der Waals surface area contributed by atoms with Crippen molar-refractivity contribution in [2.24, 2.45) is 0 Å². The molecule has 1 N–H and O–H groups in total. The lowest BCUT2D eigenvalue weighted by Crippen LogP contribution is -2.36. The lowest BCUT2D eigenvalue weighted by molar-refractivity contribution is 0.102. The summed E-state index contributed by atoms with van der Waals surface area (Å²) < 4.78 is 19.2. The summed E-state index contributed by atoms with van der Waals surface area (Å²) in [5, 5.41) is 3.44. The third-order valence-corrected chi connectivity index (χ3v) is 6.88. The molecular formula is C31H37ClN4O3S. The fraction of sp³-hybridized carbons (Fsp3) is 0.258. The number of fused-ring (bicyclic) bond motifs is 1. The molecule has 5 rings (SSSR count). The summed E-state index contributed by atoms with van der Waals surface area (Å²) in [7, 11) is -1.12. The first-order valence-corrected chi connectivity index (χ1v) is 14.9. The number of anilines is 2. The zero-order chi connectivity index (χ0) is 29.5. The molecular weight excluding hydrogens is 544 g/mol. The standard InChI is InChI=1S/C24H19ClN4O3S.C3H6.2C2H6/c25-20-8-5-17(14-19(20)21-9-10-22-23(28-21)2-1-11-26-22)27-24(30)16-3-6-18(7-4-16)29-15-32-12-13-33(29)31;1-3-2;2*1-2/h1-11,14H,12-13,15H2,(H,27,30);3H,1H2,2H3;2*1-2H3. The minimum Gasteiger partial charge on any atom is -0.359 e. The van der Waals surface area contributed by atoms with E-state index in [2.05, 4.69) is 21.9 Å². The van der Waals surface area contributed by atoms with Gasteiger partial charge in [0, 0.05) is 23.0 Å². The lowest BCUT2D eigenvalue weighted by Gasteiger charge is -2.27. The summed E-state index contributed by atoms with van der Waals surface area (Å²) in [6.07, 6.45) is 3.47. The van der Waals surface area contributed by atoms with Crippen molar-refractivity contribution in [2.75, 3.05) is 28.7 Å². The van der Waals surface area contributed by atoms with Gasteiger partial charge in [-0.25, -0.2) is 9.19 Å². The minimum absolute atomic E-state index is 0.262. The Labute approximate surface area is 244 Å². The van der Waals surface area contributed by atoms with Gasteiger partial charge in [0.1, 0.15) is 17.7 Å². The zero-order valence-electron chi connectivity index (χ0n) is 23.7. The topological polar surface area (TPSA) is 84.4 Å². The molecule has 1 saturated heterocycles. The highest BCUT2D eigenvalue weighted by molar-refractivity contribution is 7.86. The molecule has 7 nitrogen and oxygen atoms in total. The van der Waals surface area contributed by atoms with Gasteiger partial charge < -0.3 is 10.1 Å². The largest absolute Gasteiger partial charge is 0.359 e. The van der Waals surface area contributed by atoms with E-state index < -0.39 is 11.0 Å². The van der Waals surface area contributed by atoms with E-state index in [0.29, 0.717) is 39.9 Å². The van der Waals surface area contributed by atoms with Crippen molar-refractivity contribution in [2.45, 2.75) is 34.6 Å². The van der Waals surface area contributed by atoms with Crippen molar-refractivity contribution >= 4 is 50.9 Å². The fourth-order valence-corrected chi connectivity index (χ4v) is 4.77. The van der Waals surface area contributed by atoms with Crippen LogP contribution in [0.15, 0.2) is 85.6 Å². The van der Waals surface area contributed by atoms with Crippen LogP contribution in [-0.2, 0) is 15.7 Å².